The van der Waals surface area contributed by atoms with E-state index >= 15 is 0 Å². The number of rotatable bonds is 4. The van der Waals surface area contributed by atoms with Crippen LogP contribution in [-0.4, -0.2) is 20.0 Å². The second kappa shape index (κ2) is 5.05. The summed E-state index contributed by atoms with van der Waals surface area (Å²) in [5, 5.41) is 7.87. The fraction of sp³-hybridized carbons (Fsp3) is 0.250. The second-order valence-electron chi connectivity index (χ2n) is 3.79. The number of thiocarbonyl (C=S) groups is 1. The van der Waals surface area contributed by atoms with Crippen molar-refractivity contribution >= 4 is 17.2 Å². The Hall–Kier alpha value is -1.75. The van der Waals surface area contributed by atoms with Gasteiger partial charge in [-0.3, -0.25) is 0 Å². The summed E-state index contributed by atoms with van der Waals surface area (Å²) in [6.45, 7) is 2.55. The highest BCUT2D eigenvalue weighted by Gasteiger charge is 2.07. The molecule has 1 heterocycles. The molecule has 0 saturated carbocycles. The largest absolute Gasteiger partial charge is 0.392 e. The molecule has 2 rings (SSSR count). The van der Waals surface area contributed by atoms with Gasteiger partial charge in [0.05, 0.1) is 23.4 Å². The van der Waals surface area contributed by atoms with Crippen LogP contribution in [0.4, 0.5) is 0 Å². The van der Waals surface area contributed by atoms with Gasteiger partial charge in [-0.25, -0.2) is 4.68 Å². The van der Waals surface area contributed by atoms with Crippen molar-refractivity contribution in [3.8, 4) is 11.3 Å². The van der Waals surface area contributed by atoms with Crippen molar-refractivity contribution in [1.82, 2.24) is 15.0 Å². The molecular weight excluding hydrogens is 232 g/mol. The lowest BCUT2D eigenvalue weighted by atomic mass is 10.1. The number of aromatic nitrogens is 3. The first-order valence-corrected chi connectivity index (χ1v) is 5.87. The van der Waals surface area contributed by atoms with E-state index in [2.05, 4.69) is 41.5 Å². The molecule has 2 aromatic rings. The minimum atomic E-state index is 0.405. The average Bonchev–Trinajstić information content (AvgIpc) is 2.76. The number of hydrogen-bond donors (Lipinski definition) is 1. The third-order valence-corrected chi connectivity index (χ3v) is 2.71. The fourth-order valence-electron chi connectivity index (χ4n) is 1.66. The van der Waals surface area contributed by atoms with Crippen molar-refractivity contribution in [1.29, 1.82) is 0 Å². The minimum Gasteiger partial charge on any atom is -0.392 e. The normalized spacial score (nSPS) is 10.4. The Morgan fingerprint density at radius 3 is 2.65 bits per heavy atom. The molecule has 0 aliphatic carbocycles. The SMILES string of the molecule is CCc1ccc(-c2cnnn2CC(N)=S)cc1. The van der Waals surface area contributed by atoms with E-state index in [1.165, 1.54) is 5.56 Å². The highest BCUT2D eigenvalue weighted by molar-refractivity contribution is 7.80. The highest BCUT2D eigenvalue weighted by atomic mass is 32.1. The molecule has 0 aliphatic heterocycles. The molecule has 0 bridgehead atoms. The molecule has 2 N–H and O–H groups in total. The zero-order valence-corrected chi connectivity index (χ0v) is 10.4. The zero-order valence-electron chi connectivity index (χ0n) is 9.63. The van der Waals surface area contributed by atoms with E-state index in [9.17, 15) is 0 Å². The summed E-state index contributed by atoms with van der Waals surface area (Å²) in [4.78, 5) is 0.405. The van der Waals surface area contributed by atoms with Crippen LogP contribution >= 0.6 is 12.2 Å². The number of benzene rings is 1. The molecule has 0 unspecified atom stereocenters. The van der Waals surface area contributed by atoms with Crippen LogP contribution in [0, 0.1) is 0 Å². The zero-order chi connectivity index (χ0) is 12.3. The summed E-state index contributed by atoms with van der Waals surface area (Å²) < 4.78 is 1.71. The van der Waals surface area contributed by atoms with Crippen molar-refractivity contribution in [3.05, 3.63) is 36.0 Å². The van der Waals surface area contributed by atoms with Gasteiger partial charge in [-0.15, -0.1) is 5.10 Å². The van der Waals surface area contributed by atoms with Crippen LogP contribution in [0.5, 0.6) is 0 Å². The monoisotopic (exact) mass is 246 g/mol. The Morgan fingerprint density at radius 1 is 1.35 bits per heavy atom. The van der Waals surface area contributed by atoms with Gasteiger partial charge < -0.3 is 5.73 Å². The number of hydrogen-bond acceptors (Lipinski definition) is 3. The molecule has 0 amide bonds. The fourth-order valence-corrected chi connectivity index (χ4v) is 1.78. The van der Waals surface area contributed by atoms with Gasteiger partial charge in [0.25, 0.3) is 0 Å². The number of nitrogens with two attached hydrogens (primary N) is 1. The Morgan fingerprint density at radius 2 is 2.06 bits per heavy atom. The molecule has 0 atom stereocenters. The third kappa shape index (κ3) is 2.68. The summed E-state index contributed by atoms with van der Waals surface area (Å²) in [6.07, 6.45) is 2.75. The molecule has 1 aromatic heterocycles. The number of aryl methyl sites for hydroxylation is 1. The van der Waals surface area contributed by atoms with E-state index in [0.29, 0.717) is 11.5 Å². The third-order valence-electron chi connectivity index (χ3n) is 2.58. The summed E-state index contributed by atoms with van der Waals surface area (Å²) >= 11 is 4.88. The molecule has 17 heavy (non-hydrogen) atoms. The molecule has 0 saturated heterocycles. The molecule has 0 radical (unpaired) electrons. The predicted octanol–water partition coefficient (Wildman–Crippen LogP) is 1.79. The maximum Gasteiger partial charge on any atom is 0.0946 e. The summed E-state index contributed by atoms with van der Waals surface area (Å²) in [7, 11) is 0. The van der Waals surface area contributed by atoms with Crippen LogP contribution in [0.25, 0.3) is 11.3 Å². The lowest BCUT2D eigenvalue weighted by molar-refractivity contribution is 0.687. The first kappa shape index (κ1) is 11.7. The molecule has 4 nitrogen and oxygen atoms in total. The average molecular weight is 246 g/mol. The highest BCUT2D eigenvalue weighted by Crippen LogP contribution is 2.18. The maximum atomic E-state index is 5.52. The van der Waals surface area contributed by atoms with Crippen LogP contribution in [0.15, 0.2) is 30.5 Å². The van der Waals surface area contributed by atoms with Crippen LogP contribution < -0.4 is 5.73 Å². The Balaban J connectivity index is 2.32. The molecule has 88 valence electrons. The molecule has 1 aromatic carbocycles. The minimum absolute atomic E-state index is 0.405. The molecule has 0 fully saturated rings. The Kier molecular flexibility index (Phi) is 3.49. The molecule has 0 aliphatic rings. The molecular formula is C12H14N4S. The Labute approximate surface area is 105 Å². The summed E-state index contributed by atoms with van der Waals surface area (Å²) in [5.74, 6) is 0. The van der Waals surface area contributed by atoms with Crippen LogP contribution in [0.3, 0.4) is 0 Å². The second-order valence-corrected chi connectivity index (χ2v) is 4.32. The van der Waals surface area contributed by atoms with Gasteiger partial charge in [0.2, 0.25) is 0 Å². The van der Waals surface area contributed by atoms with Gasteiger partial charge in [-0.1, -0.05) is 48.6 Å². The van der Waals surface area contributed by atoms with Crippen molar-refractivity contribution in [3.63, 3.8) is 0 Å². The van der Waals surface area contributed by atoms with E-state index < -0.39 is 0 Å². The predicted molar refractivity (Wildman–Crippen MR) is 71.6 cm³/mol. The molecule has 0 spiro atoms. The summed E-state index contributed by atoms with van der Waals surface area (Å²) in [6, 6.07) is 8.34. The first-order valence-electron chi connectivity index (χ1n) is 5.47. The van der Waals surface area contributed by atoms with Gasteiger partial charge >= 0.3 is 0 Å². The topological polar surface area (TPSA) is 56.7 Å². The Bertz CT molecular complexity index is 516. The standard InChI is InChI=1S/C12H14N4S/c1-2-9-3-5-10(6-4-9)11-7-14-15-16(11)8-12(13)17/h3-7H,2,8H2,1H3,(H2,13,17). The first-order chi connectivity index (χ1) is 8.20. The van der Waals surface area contributed by atoms with Crippen molar-refractivity contribution < 1.29 is 0 Å². The van der Waals surface area contributed by atoms with E-state index in [1.807, 2.05) is 0 Å². The van der Waals surface area contributed by atoms with E-state index in [0.717, 1.165) is 17.7 Å². The van der Waals surface area contributed by atoms with Gasteiger partial charge in [0.1, 0.15) is 0 Å². The van der Waals surface area contributed by atoms with Crippen molar-refractivity contribution in [2.45, 2.75) is 19.9 Å². The lowest BCUT2D eigenvalue weighted by Crippen LogP contribution is -2.18. The van der Waals surface area contributed by atoms with Gasteiger partial charge in [0.15, 0.2) is 0 Å². The number of nitrogens with zero attached hydrogens (tertiary/aromatic N) is 3. The molecule has 5 heteroatoms. The van der Waals surface area contributed by atoms with Crippen LogP contribution in [0.1, 0.15) is 12.5 Å². The summed E-state index contributed by atoms with van der Waals surface area (Å²) in [5.41, 5.74) is 8.83. The maximum absolute atomic E-state index is 5.52. The van der Waals surface area contributed by atoms with Crippen LogP contribution in [0.2, 0.25) is 0 Å². The van der Waals surface area contributed by atoms with E-state index in [4.69, 9.17) is 18.0 Å². The van der Waals surface area contributed by atoms with Crippen molar-refractivity contribution in [2.24, 2.45) is 5.73 Å². The smallest absolute Gasteiger partial charge is 0.0946 e. The van der Waals surface area contributed by atoms with Gasteiger partial charge in [-0.05, 0) is 12.0 Å². The van der Waals surface area contributed by atoms with Crippen LogP contribution in [-0.2, 0) is 13.0 Å². The lowest BCUT2D eigenvalue weighted by Gasteiger charge is -2.05. The van der Waals surface area contributed by atoms with Gasteiger partial charge in [-0.2, -0.15) is 0 Å². The van der Waals surface area contributed by atoms with E-state index in [1.54, 1.807) is 10.9 Å². The van der Waals surface area contributed by atoms with E-state index in [-0.39, 0.29) is 0 Å². The van der Waals surface area contributed by atoms with Crippen molar-refractivity contribution in [2.75, 3.05) is 0 Å². The van der Waals surface area contributed by atoms with Gasteiger partial charge in [0, 0.05) is 5.56 Å². The quantitative estimate of drug-likeness (QED) is 0.836.